The molecule has 5 nitrogen and oxygen atoms in total. The van der Waals surface area contributed by atoms with E-state index < -0.39 is 4.92 Å². The average Bonchev–Trinajstić information content (AvgIpc) is 3.12. The van der Waals surface area contributed by atoms with Crippen LogP contribution in [0.2, 0.25) is 5.02 Å². The van der Waals surface area contributed by atoms with E-state index in [0.717, 1.165) is 12.8 Å². The zero-order chi connectivity index (χ0) is 13.3. The van der Waals surface area contributed by atoms with Crippen molar-refractivity contribution in [2.45, 2.75) is 25.3 Å². The Morgan fingerprint density at radius 2 is 2.28 bits per heavy atom. The molecule has 0 radical (unpaired) electrons. The minimum Gasteiger partial charge on any atom is -0.373 e. The molecule has 0 aliphatic heterocycles. The lowest BCUT2D eigenvalue weighted by atomic mass is 9.95. The van der Waals surface area contributed by atoms with Gasteiger partial charge in [0.1, 0.15) is 10.7 Å². The molecule has 2 rings (SSSR count). The topological polar surface area (TPSA) is 81.2 Å². The number of para-hydroxylation sites is 1. The number of nitrogens with one attached hydrogen (secondary N) is 1. The highest BCUT2D eigenvalue weighted by atomic mass is 35.5. The van der Waals surface area contributed by atoms with Gasteiger partial charge in [0.15, 0.2) is 0 Å². The molecule has 1 unspecified atom stereocenters. The Morgan fingerprint density at radius 1 is 1.61 bits per heavy atom. The van der Waals surface area contributed by atoms with Crippen molar-refractivity contribution in [3.63, 3.8) is 0 Å². The van der Waals surface area contributed by atoms with Gasteiger partial charge in [-0.05, 0) is 37.8 Å². The molecule has 1 fully saturated rings. The maximum atomic E-state index is 11.1. The van der Waals surface area contributed by atoms with Crippen molar-refractivity contribution < 1.29 is 4.92 Å². The van der Waals surface area contributed by atoms with Gasteiger partial charge >= 0.3 is 5.69 Å². The lowest BCUT2D eigenvalue weighted by Crippen LogP contribution is -2.44. The summed E-state index contributed by atoms with van der Waals surface area (Å²) in [6.07, 6.45) is 2.21. The number of hydrogen-bond donors (Lipinski definition) is 2. The highest BCUT2D eigenvalue weighted by Crippen LogP contribution is 2.43. The number of hydrogen-bond acceptors (Lipinski definition) is 4. The molecule has 1 aliphatic carbocycles. The highest BCUT2D eigenvalue weighted by molar-refractivity contribution is 6.33. The Hall–Kier alpha value is -1.33. The molecule has 0 spiro atoms. The molecule has 6 heteroatoms. The Kier molecular flexibility index (Phi) is 3.45. The van der Waals surface area contributed by atoms with E-state index >= 15 is 0 Å². The van der Waals surface area contributed by atoms with Crippen LogP contribution in [0.1, 0.15) is 19.8 Å². The number of rotatable bonds is 5. The van der Waals surface area contributed by atoms with Crippen molar-refractivity contribution in [3.8, 4) is 0 Å². The van der Waals surface area contributed by atoms with Crippen molar-refractivity contribution in [1.29, 1.82) is 0 Å². The molecule has 1 saturated carbocycles. The summed E-state index contributed by atoms with van der Waals surface area (Å²) in [5.41, 5.74) is 5.84. The van der Waals surface area contributed by atoms with Gasteiger partial charge in [0.2, 0.25) is 0 Å². The Bertz CT molecular complexity index is 476. The third-order valence-electron chi connectivity index (χ3n) is 3.49. The van der Waals surface area contributed by atoms with Gasteiger partial charge in [-0.2, -0.15) is 0 Å². The van der Waals surface area contributed by atoms with E-state index in [1.807, 2.05) is 6.92 Å². The molecule has 0 heterocycles. The van der Waals surface area contributed by atoms with Gasteiger partial charge in [-0.25, -0.2) is 0 Å². The molecule has 1 aliphatic rings. The molecule has 0 bridgehead atoms. The average molecular weight is 270 g/mol. The molecule has 18 heavy (non-hydrogen) atoms. The number of nitrogens with zero attached hydrogens (tertiary/aromatic N) is 1. The molecular weight excluding hydrogens is 254 g/mol. The minimum absolute atomic E-state index is 0.0838. The second-order valence-corrected chi connectivity index (χ2v) is 5.32. The van der Waals surface area contributed by atoms with Gasteiger partial charge in [-0.15, -0.1) is 0 Å². The third kappa shape index (κ3) is 2.42. The van der Waals surface area contributed by atoms with Crippen LogP contribution < -0.4 is 11.1 Å². The van der Waals surface area contributed by atoms with Crippen LogP contribution in [0.5, 0.6) is 0 Å². The standard InChI is InChI=1S/C12H16ClN3O2/c1-12(7-14,8-5-6-8)15-10-4-2-3-9(13)11(10)16(17)18/h2-4,8,15H,5-7,14H2,1H3. The van der Waals surface area contributed by atoms with Crippen LogP contribution in [0.25, 0.3) is 0 Å². The first-order chi connectivity index (χ1) is 8.48. The van der Waals surface area contributed by atoms with Crippen molar-refractivity contribution >= 4 is 23.0 Å². The van der Waals surface area contributed by atoms with E-state index in [1.54, 1.807) is 12.1 Å². The van der Waals surface area contributed by atoms with Crippen molar-refractivity contribution in [2.24, 2.45) is 11.7 Å². The van der Waals surface area contributed by atoms with Crippen LogP contribution in [0.4, 0.5) is 11.4 Å². The number of benzene rings is 1. The maximum Gasteiger partial charge on any atom is 0.310 e. The van der Waals surface area contributed by atoms with Gasteiger partial charge in [-0.1, -0.05) is 17.7 Å². The normalized spacial score (nSPS) is 18.2. The van der Waals surface area contributed by atoms with E-state index in [9.17, 15) is 10.1 Å². The molecular formula is C12H16ClN3O2. The summed E-state index contributed by atoms with van der Waals surface area (Å²) in [4.78, 5) is 10.6. The van der Waals surface area contributed by atoms with Crippen LogP contribution in [0.15, 0.2) is 18.2 Å². The summed E-state index contributed by atoms with van der Waals surface area (Å²) in [6.45, 7) is 2.43. The Morgan fingerprint density at radius 3 is 2.78 bits per heavy atom. The summed E-state index contributed by atoms with van der Waals surface area (Å²) in [6, 6.07) is 4.88. The molecule has 1 aromatic rings. The molecule has 1 atom stereocenters. The molecule has 0 aromatic heterocycles. The smallest absolute Gasteiger partial charge is 0.310 e. The fourth-order valence-corrected chi connectivity index (χ4v) is 2.39. The van der Waals surface area contributed by atoms with Crippen molar-refractivity contribution in [3.05, 3.63) is 33.3 Å². The van der Waals surface area contributed by atoms with E-state index in [0.29, 0.717) is 18.2 Å². The lowest BCUT2D eigenvalue weighted by Gasteiger charge is -2.30. The van der Waals surface area contributed by atoms with E-state index in [4.69, 9.17) is 17.3 Å². The first kappa shape index (κ1) is 13.1. The monoisotopic (exact) mass is 269 g/mol. The minimum atomic E-state index is -0.464. The number of nitro groups is 1. The maximum absolute atomic E-state index is 11.1. The van der Waals surface area contributed by atoms with Gasteiger partial charge in [-0.3, -0.25) is 10.1 Å². The van der Waals surface area contributed by atoms with Crippen LogP contribution in [-0.4, -0.2) is 17.0 Å². The van der Waals surface area contributed by atoms with Crippen molar-refractivity contribution in [1.82, 2.24) is 0 Å². The summed E-state index contributed by atoms with van der Waals surface area (Å²) in [5.74, 6) is 0.473. The van der Waals surface area contributed by atoms with Gasteiger partial charge in [0, 0.05) is 12.1 Å². The van der Waals surface area contributed by atoms with Crippen molar-refractivity contribution in [2.75, 3.05) is 11.9 Å². The molecule has 0 saturated heterocycles. The Balaban J connectivity index is 2.33. The van der Waals surface area contributed by atoms with Gasteiger partial charge < -0.3 is 11.1 Å². The highest BCUT2D eigenvalue weighted by Gasteiger charge is 2.41. The fraction of sp³-hybridized carbons (Fsp3) is 0.500. The number of nitro benzene ring substituents is 1. The van der Waals surface area contributed by atoms with E-state index in [2.05, 4.69) is 5.32 Å². The third-order valence-corrected chi connectivity index (χ3v) is 3.80. The zero-order valence-corrected chi connectivity index (χ0v) is 10.9. The summed E-state index contributed by atoms with van der Waals surface area (Å²) in [7, 11) is 0. The SMILES string of the molecule is CC(CN)(Nc1cccc(Cl)c1[N+](=O)[O-])C1CC1. The van der Waals surface area contributed by atoms with Crippen LogP contribution in [0, 0.1) is 16.0 Å². The second kappa shape index (κ2) is 4.74. The van der Waals surface area contributed by atoms with Gasteiger partial charge in [0.05, 0.1) is 4.92 Å². The molecule has 98 valence electrons. The molecule has 0 amide bonds. The lowest BCUT2D eigenvalue weighted by molar-refractivity contribution is -0.383. The number of anilines is 1. The predicted molar refractivity (Wildman–Crippen MR) is 71.9 cm³/mol. The molecule has 3 N–H and O–H groups in total. The van der Waals surface area contributed by atoms with Gasteiger partial charge in [0.25, 0.3) is 0 Å². The Labute approximate surface area is 110 Å². The van der Waals surface area contributed by atoms with Crippen LogP contribution in [-0.2, 0) is 0 Å². The first-order valence-electron chi connectivity index (χ1n) is 5.89. The number of nitrogens with two attached hydrogens (primary N) is 1. The van der Waals surface area contributed by atoms with E-state index in [-0.39, 0.29) is 16.2 Å². The second-order valence-electron chi connectivity index (χ2n) is 4.91. The quantitative estimate of drug-likeness (QED) is 0.636. The zero-order valence-electron chi connectivity index (χ0n) is 10.1. The van der Waals surface area contributed by atoms with E-state index in [1.165, 1.54) is 6.07 Å². The molecule has 1 aromatic carbocycles. The van der Waals surface area contributed by atoms with Crippen LogP contribution >= 0.6 is 11.6 Å². The summed E-state index contributed by atoms with van der Waals surface area (Å²) < 4.78 is 0. The van der Waals surface area contributed by atoms with Crippen LogP contribution in [0.3, 0.4) is 0 Å². The summed E-state index contributed by atoms with van der Waals surface area (Å²) in [5, 5.41) is 14.4. The summed E-state index contributed by atoms with van der Waals surface area (Å²) >= 11 is 5.88. The number of halogens is 1. The fourth-order valence-electron chi connectivity index (χ4n) is 2.15. The predicted octanol–water partition coefficient (Wildman–Crippen LogP) is 2.79. The first-order valence-corrected chi connectivity index (χ1v) is 6.27. The largest absolute Gasteiger partial charge is 0.373 e.